The summed E-state index contributed by atoms with van der Waals surface area (Å²) >= 11 is 1.63. The molecule has 0 aliphatic heterocycles. The predicted molar refractivity (Wildman–Crippen MR) is 102 cm³/mol. The van der Waals surface area contributed by atoms with E-state index in [1.54, 1.807) is 30.0 Å². The lowest BCUT2D eigenvalue weighted by molar-refractivity contribution is 0.0995. The molecule has 26 heavy (non-hydrogen) atoms. The van der Waals surface area contributed by atoms with Crippen molar-refractivity contribution in [2.75, 3.05) is 5.32 Å². The quantitative estimate of drug-likeness (QED) is 0.737. The first-order valence-electron chi connectivity index (χ1n) is 8.70. The van der Waals surface area contributed by atoms with Gasteiger partial charge in [-0.2, -0.15) is 5.10 Å². The van der Waals surface area contributed by atoms with Crippen molar-refractivity contribution >= 4 is 39.1 Å². The molecule has 0 spiro atoms. The third-order valence-corrected chi connectivity index (χ3v) is 6.04. The van der Waals surface area contributed by atoms with Crippen LogP contribution in [0.5, 0.6) is 0 Å². The molecule has 8 heteroatoms. The third-order valence-electron chi connectivity index (χ3n) is 5.19. The first-order valence-corrected chi connectivity index (χ1v) is 9.58. The molecule has 1 aliphatic rings. The van der Waals surface area contributed by atoms with Gasteiger partial charge in [0.1, 0.15) is 5.69 Å². The molecule has 0 atom stereocenters. The van der Waals surface area contributed by atoms with Gasteiger partial charge in [0.15, 0.2) is 5.69 Å². The van der Waals surface area contributed by atoms with Crippen LogP contribution in [0.25, 0.3) is 10.2 Å². The minimum atomic E-state index is -0.656. The lowest BCUT2D eigenvalue weighted by Crippen LogP contribution is -2.21. The molecular weight excluding hydrogens is 350 g/mol. The molecule has 3 aromatic heterocycles. The van der Waals surface area contributed by atoms with E-state index in [9.17, 15) is 9.59 Å². The smallest absolute Gasteiger partial charge is 0.272 e. The third kappa shape index (κ3) is 2.61. The van der Waals surface area contributed by atoms with Crippen LogP contribution in [0.1, 0.15) is 58.4 Å². The molecule has 136 valence electrons. The molecule has 0 bridgehead atoms. The molecule has 2 amide bonds. The minimum Gasteiger partial charge on any atom is -0.364 e. The number of aryl methyl sites for hydroxylation is 1. The summed E-state index contributed by atoms with van der Waals surface area (Å²) < 4.78 is 4.80. The van der Waals surface area contributed by atoms with Crippen LogP contribution in [0.15, 0.2) is 17.5 Å². The molecule has 1 aliphatic carbocycles. The van der Waals surface area contributed by atoms with E-state index in [2.05, 4.69) is 21.0 Å². The normalized spacial score (nSPS) is 15.0. The van der Waals surface area contributed by atoms with Gasteiger partial charge in [0.2, 0.25) is 0 Å². The molecule has 0 aromatic carbocycles. The van der Waals surface area contributed by atoms with E-state index < -0.39 is 5.91 Å². The molecule has 3 aromatic rings. The SMILES string of the molecule is Cc1c(NC(=O)c2cc3sccc3n2C2CCCC2)c(C(N)=O)nn1C. The number of hydrogen-bond acceptors (Lipinski definition) is 4. The Labute approximate surface area is 154 Å². The van der Waals surface area contributed by atoms with Crippen LogP contribution in [0.3, 0.4) is 0 Å². The maximum Gasteiger partial charge on any atom is 0.272 e. The van der Waals surface area contributed by atoms with E-state index in [-0.39, 0.29) is 11.6 Å². The molecule has 0 unspecified atom stereocenters. The standard InChI is InChI=1S/C18H21N5O2S/c1-10-15(16(17(19)24)21-22(10)2)20-18(25)13-9-14-12(7-8-26-14)23(13)11-5-3-4-6-11/h7-9,11H,3-6H2,1-2H3,(H2,19,24)(H,20,25). The minimum absolute atomic E-state index is 0.0825. The number of fused-ring (bicyclic) bond motifs is 1. The molecule has 0 radical (unpaired) electrons. The van der Waals surface area contributed by atoms with Crippen molar-refractivity contribution in [1.82, 2.24) is 14.3 Å². The number of carbonyl (C=O) groups is 2. The molecular formula is C18H21N5O2S. The van der Waals surface area contributed by atoms with Crippen LogP contribution in [0.2, 0.25) is 0 Å². The van der Waals surface area contributed by atoms with Gasteiger partial charge in [0.05, 0.1) is 21.6 Å². The molecule has 3 N–H and O–H groups in total. The fourth-order valence-electron chi connectivity index (χ4n) is 3.78. The average molecular weight is 371 g/mol. The summed E-state index contributed by atoms with van der Waals surface area (Å²) in [4.78, 5) is 24.8. The number of nitrogens with zero attached hydrogens (tertiary/aromatic N) is 3. The van der Waals surface area contributed by atoms with Gasteiger partial charge in [-0.25, -0.2) is 0 Å². The second-order valence-electron chi connectivity index (χ2n) is 6.76. The molecule has 7 nitrogen and oxygen atoms in total. The summed E-state index contributed by atoms with van der Waals surface area (Å²) in [6, 6.07) is 4.34. The van der Waals surface area contributed by atoms with Crippen molar-refractivity contribution < 1.29 is 9.59 Å². The molecule has 3 heterocycles. The van der Waals surface area contributed by atoms with Crippen LogP contribution < -0.4 is 11.1 Å². The van der Waals surface area contributed by atoms with E-state index in [0.29, 0.717) is 23.1 Å². The molecule has 4 rings (SSSR count). The van der Waals surface area contributed by atoms with Gasteiger partial charge in [-0.05, 0) is 37.3 Å². The summed E-state index contributed by atoms with van der Waals surface area (Å²) in [5.41, 5.74) is 8.29. The number of primary amides is 1. The van der Waals surface area contributed by atoms with E-state index in [0.717, 1.165) is 23.1 Å². The van der Waals surface area contributed by atoms with Gasteiger partial charge in [0.25, 0.3) is 11.8 Å². The van der Waals surface area contributed by atoms with Crippen molar-refractivity contribution in [1.29, 1.82) is 0 Å². The Kier molecular flexibility index (Phi) is 4.07. The van der Waals surface area contributed by atoms with Crippen LogP contribution >= 0.6 is 11.3 Å². The second kappa shape index (κ2) is 6.28. The lowest BCUT2D eigenvalue weighted by atomic mass is 10.2. The number of hydrogen-bond donors (Lipinski definition) is 2. The monoisotopic (exact) mass is 371 g/mol. The zero-order valence-electron chi connectivity index (χ0n) is 14.8. The zero-order valence-corrected chi connectivity index (χ0v) is 15.6. The molecule has 1 saturated carbocycles. The highest BCUT2D eigenvalue weighted by Gasteiger charge is 2.27. The Bertz CT molecular complexity index is 1010. The number of anilines is 1. The summed E-state index contributed by atoms with van der Waals surface area (Å²) in [6.07, 6.45) is 4.53. The van der Waals surface area contributed by atoms with E-state index in [4.69, 9.17) is 5.73 Å². The average Bonchev–Trinajstić information content (AvgIpc) is 3.34. The Morgan fingerprint density at radius 1 is 1.35 bits per heavy atom. The summed E-state index contributed by atoms with van der Waals surface area (Å²) in [5, 5.41) is 9.03. The zero-order chi connectivity index (χ0) is 18.4. The van der Waals surface area contributed by atoms with Crippen LogP contribution in [-0.4, -0.2) is 26.2 Å². The van der Waals surface area contributed by atoms with Gasteiger partial charge < -0.3 is 15.6 Å². The van der Waals surface area contributed by atoms with Gasteiger partial charge >= 0.3 is 0 Å². The predicted octanol–water partition coefficient (Wildman–Crippen LogP) is 3.21. The maximum atomic E-state index is 13.1. The van der Waals surface area contributed by atoms with Crippen molar-refractivity contribution in [3.05, 3.63) is 34.6 Å². The van der Waals surface area contributed by atoms with Crippen LogP contribution in [0, 0.1) is 6.92 Å². The van der Waals surface area contributed by atoms with Crippen molar-refractivity contribution in [2.45, 2.75) is 38.6 Å². The number of nitrogens with one attached hydrogen (secondary N) is 1. The Morgan fingerprint density at radius 2 is 2.08 bits per heavy atom. The highest BCUT2D eigenvalue weighted by molar-refractivity contribution is 7.17. The highest BCUT2D eigenvalue weighted by Crippen LogP contribution is 2.36. The van der Waals surface area contributed by atoms with Crippen molar-refractivity contribution in [3.63, 3.8) is 0 Å². The second-order valence-corrected chi connectivity index (χ2v) is 7.71. The van der Waals surface area contributed by atoms with Crippen LogP contribution in [0.4, 0.5) is 5.69 Å². The van der Waals surface area contributed by atoms with Gasteiger partial charge in [-0.1, -0.05) is 12.8 Å². The Balaban J connectivity index is 1.75. The number of carbonyl (C=O) groups excluding carboxylic acids is 2. The Hall–Kier alpha value is -2.61. The first-order chi connectivity index (χ1) is 12.5. The van der Waals surface area contributed by atoms with Crippen molar-refractivity contribution in [2.24, 2.45) is 12.8 Å². The lowest BCUT2D eigenvalue weighted by Gasteiger charge is -2.17. The number of amides is 2. The number of aromatic nitrogens is 3. The number of rotatable bonds is 4. The number of thiophene rings is 1. The summed E-state index contributed by atoms with van der Waals surface area (Å²) in [7, 11) is 1.72. The molecule has 0 saturated heterocycles. The topological polar surface area (TPSA) is 94.9 Å². The van der Waals surface area contributed by atoms with Gasteiger partial charge in [-0.3, -0.25) is 14.3 Å². The fraction of sp³-hybridized carbons (Fsp3) is 0.389. The summed E-state index contributed by atoms with van der Waals surface area (Å²) in [5.74, 6) is -0.893. The van der Waals surface area contributed by atoms with E-state index in [1.165, 1.54) is 12.8 Å². The molecule has 1 fully saturated rings. The Morgan fingerprint density at radius 3 is 2.77 bits per heavy atom. The van der Waals surface area contributed by atoms with Gasteiger partial charge in [-0.15, -0.1) is 11.3 Å². The largest absolute Gasteiger partial charge is 0.364 e. The fourth-order valence-corrected chi connectivity index (χ4v) is 4.59. The van der Waals surface area contributed by atoms with E-state index in [1.807, 2.05) is 11.4 Å². The van der Waals surface area contributed by atoms with Gasteiger partial charge in [0, 0.05) is 13.1 Å². The highest BCUT2D eigenvalue weighted by atomic mass is 32.1. The maximum absolute atomic E-state index is 13.1. The first kappa shape index (κ1) is 16.8. The number of nitrogens with two attached hydrogens (primary N) is 1. The van der Waals surface area contributed by atoms with E-state index >= 15 is 0 Å². The summed E-state index contributed by atoms with van der Waals surface area (Å²) in [6.45, 7) is 1.80. The van der Waals surface area contributed by atoms with Crippen LogP contribution in [-0.2, 0) is 7.05 Å². The van der Waals surface area contributed by atoms with Crippen molar-refractivity contribution in [3.8, 4) is 0 Å².